The van der Waals surface area contributed by atoms with E-state index in [0.717, 1.165) is 25.7 Å². The van der Waals surface area contributed by atoms with E-state index in [1.165, 1.54) is 0 Å². The van der Waals surface area contributed by atoms with Crippen molar-refractivity contribution < 1.29 is 20.4 Å². The van der Waals surface area contributed by atoms with Crippen LogP contribution in [0.4, 0.5) is 0 Å². The molecule has 0 aromatic heterocycles. The van der Waals surface area contributed by atoms with Crippen LogP contribution in [0.2, 0.25) is 0 Å². The summed E-state index contributed by atoms with van der Waals surface area (Å²) in [6, 6.07) is 0. The van der Waals surface area contributed by atoms with E-state index in [0.29, 0.717) is 6.42 Å². The molecule has 0 heterocycles. The fraction of sp³-hybridized carbons (Fsp3) is 0.750. The highest BCUT2D eigenvalue weighted by Crippen LogP contribution is 2.10. The molecule has 0 saturated carbocycles. The van der Waals surface area contributed by atoms with Crippen molar-refractivity contribution in [3.05, 3.63) is 11.7 Å². The van der Waals surface area contributed by atoms with E-state index in [-0.39, 0.29) is 5.76 Å². The number of aliphatic hydroxyl groups is 2. The standard InChI is InChI=1S/C8H16O4/c1-2-3-4-5-6-7(9)8(10)12-11/h9-11H,2-6H2,1H3. The monoisotopic (exact) mass is 176 g/mol. The minimum absolute atomic E-state index is 0.298. The van der Waals surface area contributed by atoms with Gasteiger partial charge in [0.1, 0.15) is 0 Å². The Kier molecular flexibility index (Phi) is 6.28. The van der Waals surface area contributed by atoms with Crippen LogP contribution >= 0.6 is 0 Å². The van der Waals surface area contributed by atoms with Crippen molar-refractivity contribution in [3.8, 4) is 0 Å². The van der Waals surface area contributed by atoms with Gasteiger partial charge in [0.05, 0.1) is 0 Å². The van der Waals surface area contributed by atoms with Gasteiger partial charge in [-0.15, -0.1) is 0 Å². The molecule has 4 nitrogen and oxygen atoms in total. The molecule has 0 aromatic rings. The Morgan fingerprint density at radius 3 is 2.33 bits per heavy atom. The maximum atomic E-state index is 8.96. The fourth-order valence-corrected chi connectivity index (χ4v) is 0.879. The highest BCUT2D eigenvalue weighted by atomic mass is 17.1. The lowest BCUT2D eigenvalue weighted by Gasteiger charge is -2.00. The van der Waals surface area contributed by atoms with E-state index >= 15 is 0 Å². The average Bonchev–Trinajstić information content (AvgIpc) is 2.10. The Labute approximate surface area is 72.0 Å². The first kappa shape index (κ1) is 11.1. The first-order valence-electron chi connectivity index (χ1n) is 4.14. The van der Waals surface area contributed by atoms with E-state index in [1.807, 2.05) is 0 Å². The summed E-state index contributed by atoms with van der Waals surface area (Å²) in [5.74, 6) is -1.10. The molecule has 3 N–H and O–H groups in total. The van der Waals surface area contributed by atoms with Crippen molar-refractivity contribution in [2.75, 3.05) is 0 Å². The molecule has 0 aliphatic rings. The van der Waals surface area contributed by atoms with Gasteiger partial charge in [-0.3, -0.25) is 4.89 Å². The molecule has 0 aliphatic heterocycles. The molecule has 0 bridgehead atoms. The summed E-state index contributed by atoms with van der Waals surface area (Å²) in [6.07, 6.45) is 4.35. The summed E-state index contributed by atoms with van der Waals surface area (Å²) in [5.41, 5.74) is 0. The summed E-state index contributed by atoms with van der Waals surface area (Å²) in [5, 5.41) is 25.5. The Hall–Kier alpha value is -0.900. The molecule has 0 unspecified atom stereocenters. The van der Waals surface area contributed by atoms with Gasteiger partial charge in [0.15, 0.2) is 5.76 Å². The van der Waals surface area contributed by atoms with E-state index in [9.17, 15) is 0 Å². The molecule has 0 radical (unpaired) electrons. The van der Waals surface area contributed by atoms with Crippen LogP contribution in [0.3, 0.4) is 0 Å². The Balaban J connectivity index is 3.49. The fourth-order valence-electron chi connectivity index (χ4n) is 0.879. The van der Waals surface area contributed by atoms with Crippen LogP contribution in [0, 0.1) is 0 Å². The Morgan fingerprint density at radius 1 is 1.17 bits per heavy atom. The van der Waals surface area contributed by atoms with Crippen LogP contribution in [-0.2, 0) is 4.89 Å². The number of rotatable bonds is 6. The number of hydrogen-bond donors (Lipinski definition) is 3. The van der Waals surface area contributed by atoms with Crippen LogP contribution in [0.5, 0.6) is 0 Å². The van der Waals surface area contributed by atoms with E-state index in [2.05, 4.69) is 11.8 Å². The van der Waals surface area contributed by atoms with Crippen LogP contribution in [-0.4, -0.2) is 15.5 Å². The third-order valence-electron chi connectivity index (χ3n) is 1.60. The molecule has 0 aromatic carbocycles. The Bertz CT molecular complexity index is 142. The van der Waals surface area contributed by atoms with Gasteiger partial charge >= 0.3 is 5.95 Å². The largest absolute Gasteiger partial charge is 0.506 e. The lowest BCUT2D eigenvalue weighted by molar-refractivity contribution is -0.239. The third-order valence-corrected chi connectivity index (χ3v) is 1.60. The quantitative estimate of drug-likeness (QED) is 0.252. The van der Waals surface area contributed by atoms with Crippen molar-refractivity contribution >= 4 is 0 Å². The minimum Gasteiger partial charge on any atom is -0.506 e. The zero-order chi connectivity index (χ0) is 9.40. The normalized spacial score (nSPS) is 12.5. The van der Waals surface area contributed by atoms with Crippen LogP contribution in [0.15, 0.2) is 11.7 Å². The van der Waals surface area contributed by atoms with Crippen molar-refractivity contribution in [1.29, 1.82) is 0 Å². The summed E-state index contributed by atoms with van der Waals surface area (Å²) < 4.78 is 0. The zero-order valence-electron chi connectivity index (χ0n) is 7.29. The second kappa shape index (κ2) is 6.79. The van der Waals surface area contributed by atoms with Crippen molar-refractivity contribution in [1.82, 2.24) is 0 Å². The molecule has 0 spiro atoms. The van der Waals surface area contributed by atoms with Crippen LogP contribution in [0.25, 0.3) is 0 Å². The van der Waals surface area contributed by atoms with Gasteiger partial charge in [-0.05, 0) is 6.42 Å². The molecule has 0 rings (SSSR count). The molecule has 0 atom stereocenters. The summed E-state index contributed by atoms with van der Waals surface area (Å²) in [7, 11) is 0. The van der Waals surface area contributed by atoms with E-state index in [4.69, 9.17) is 15.5 Å². The molecular formula is C8H16O4. The maximum absolute atomic E-state index is 8.96. The van der Waals surface area contributed by atoms with E-state index < -0.39 is 5.95 Å². The predicted octanol–water partition coefficient (Wildman–Crippen LogP) is 2.73. The number of allylic oxidation sites excluding steroid dienone is 1. The topological polar surface area (TPSA) is 69.9 Å². The maximum Gasteiger partial charge on any atom is 0.352 e. The lowest BCUT2D eigenvalue weighted by atomic mass is 10.1. The van der Waals surface area contributed by atoms with Gasteiger partial charge in [0, 0.05) is 6.42 Å². The third kappa shape index (κ3) is 4.85. The molecule has 12 heavy (non-hydrogen) atoms. The van der Waals surface area contributed by atoms with Gasteiger partial charge in [0.25, 0.3) is 0 Å². The molecule has 0 saturated heterocycles. The smallest absolute Gasteiger partial charge is 0.352 e. The first-order chi connectivity index (χ1) is 5.72. The molecule has 72 valence electrons. The zero-order valence-corrected chi connectivity index (χ0v) is 7.29. The second-order valence-corrected chi connectivity index (χ2v) is 2.65. The number of aliphatic hydroxyl groups excluding tert-OH is 2. The van der Waals surface area contributed by atoms with Gasteiger partial charge in [-0.2, -0.15) is 5.26 Å². The highest BCUT2D eigenvalue weighted by Gasteiger charge is 2.03. The van der Waals surface area contributed by atoms with Gasteiger partial charge in [-0.1, -0.05) is 26.2 Å². The van der Waals surface area contributed by atoms with Crippen molar-refractivity contribution in [3.63, 3.8) is 0 Å². The van der Waals surface area contributed by atoms with Gasteiger partial charge < -0.3 is 10.2 Å². The number of hydrogen-bond acceptors (Lipinski definition) is 4. The second-order valence-electron chi connectivity index (χ2n) is 2.65. The summed E-state index contributed by atoms with van der Waals surface area (Å²) in [4.78, 5) is 3.45. The molecule has 0 fully saturated rings. The highest BCUT2D eigenvalue weighted by molar-refractivity contribution is 4.89. The average molecular weight is 176 g/mol. The van der Waals surface area contributed by atoms with E-state index in [1.54, 1.807) is 0 Å². The Morgan fingerprint density at radius 2 is 1.83 bits per heavy atom. The van der Waals surface area contributed by atoms with Crippen LogP contribution in [0.1, 0.15) is 39.0 Å². The first-order valence-corrected chi connectivity index (χ1v) is 4.14. The minimum atomic E-state index is -0.800. The lowest BCUT2D eigenvalue weighted by Crippen LogP contribution is -1.93. The molecule has 0 amide bonds. The predicted molar refractivity (Wildman–Crippen MR) is 44.8 cm³/mol. The van der Waals surface area contributed by atoms with Crippen molar-refractivity contribution in [2.45, 2.75) is 39.0 Å². The van der Waals surface area contributed by atoms with Gasteiger partial charge in [-0.25, -0.2) is 0 Å². The van der Waals surface area contributed by atoms with Crippen molar-refractivity contribution in [2.24, 2.45) is 0 Å². The molecule has 0 aliphatic carbocycles. The SMILES string of the molecule is CCCCCCC(O)=C(O)OO. The van der Waals surface area contributed by atoms with Gasteiger partial charge in [0.2, 0.25) is 0 Å². The molecule has 4 heteroatoms. The van der Waals surface area contributed by atoms with Crippen LogP contribution < -0.4 is 0 Å². The molecular weight excluding hydrogens is 160 g/mol. The summed E-state index contributed by atoms with van der Waals surface area (Å²) in [6.45, 7) is 2.09. The number of unbranched alkanes of at least 4 members (excludes halogenated alkanes) is 3. The summed E-state index contributed by atoms with van der Waals surface area (Å²) >= 11 is 0.